The Bertz CT molecular complexity index is 815. The van der Waals surface area contributed by atoms with Crippen molar-refractivity contribution in [2.75, 3.05) is 6.54 Å². The molecule has 0 aliphatic heterocycles. The van der Waals surface area contributed by atoms with Crippen LogP contribution in [0.5, 0.6) is 0 Å². The molecule has 212 valence electrons. The van der Waals surface area contributed by atoms with E-state index in [2.05, 4.69) is 20.9 Å². The minimum atomic E-state index is -1.18. The molecule has 37 heavy (non-hydrogen) atoms. The lowest BCUT2D eigenvalue weighted by Crippen LogP contribution is -2.58. The zero-order valence-corrected chi connectivity index (χ0v) is 22.0. The first-order chi connectivity index (χ1) is 17.2. The molecule has 0 rings (SSSR count). The number of carboxylic acids is 2. The van der Waals surface area contributed by atoms with E-state index in [1.165, 1.54) is 0 Å². The van der Waals surface area contributed by atoms with Crippen LogP contribution in [0.15, 0.2) is 4.99 Å². The zero-order valence-electron chi connectivity index (χ0n) is 22.0. The number of rotatable bonds is 18. The summed E-state index contributed by atoms with van der Waals surface area (Å²) in [6.07, 6.45) is 0.681. The van der Waals surface area contributed by atoms with Gasteiger partial charge >= 0.3 is 11.9 Å². The summed E-state index contributed by atoms with van der Waals surface area (Å²) in [7, 11) is 0. The number of aliphatic carboxylic acids is 2. The molecule has 11 N–H and O–H groups in total. The molecular weight excluding hydrogens is 486 g/mol. The number of carboxylic acid groups (broad SMARTS) is 2. The van der Waals surface area contributed by atoms with E-state index in [1.807, 2.05) is 13.8 Å². The van der Waals surface area contributed by atoms with Crippen LogP contribution in [0, 0.1) is 11.8 Å². The van der Waals surface area contributed by atoms with Gasteiger partial charge in [0.05, 0.1) is 6.04 Å². The summed E-state index contributed by atoms with van der Waals surface area (Å²) in [5, 5.41) is 26.0. The average Bonchev–Trinajstić information content (AvgIpc) is 2.80. The van der Waals surface area contributed by atoms with Gasteiger partial charge in [-0.25, -0.2) is 4.79 Å². The van der Waals surface area contributed by atoms with Crippen LogP contribution in [-0.4, -0.2) is 76.5 Å². The highest BCUT2D eigenvalue weighted by Crippen LogP contribution is 2.11. The van der Waals surface area contributed by atoms with Crippen LogP contribution in [0.3, 0.4) is 0 Å². The molecule has 0 aromatic rings. The first-order valence-electron chi connectivity index (χ1n) is 12.4. The summed E-state index contributed by atoms with van der Waals surface area (Å²) in [4.78, 5) is 64.9. The number of nitrogens with two attached hydrogens (primary N) is 3. The number of nitrogens with one attached hydrogen (secondary N) is 3. The van der Waals surface area contributed by atoms with E-state index in [0.29, 0.717) is 12.8 Å². The van der Waals surface area contributed by atoms with Crippen LogP contribution in [0.4, 0.5) is 0 Å². The molecule has 0 spiro atoms. The molecule has 14 nitrogen and oxygen atoms in total. The van der Waals surface area contributed by atoms with E-state index in [1.54, 1.807) is 13.8 Å². The van der Waals surface area contributed by atoms with Crippen molar-refractivity contribution in [1.29, 1.82) is 0 Å². The molecule has 14 heteroatoms. The quantitative estimate of drug-likeness (QED) is 0.0601. The largest absolute Gasteiger partial charge is 0.481 e. The fourth-order valence-corrected chi connectivity index (χ4v) is 3.37. The van der Waals surface area contributed by atoms with Gasteiger partial charge in [-0.3, -0.25) is 24.2 Å². The van der Waals surface area contributed by atoms with Gasteiger partial charge in [0.1, 0.15) is 18.1 Å². The molecule has 0 aromatic heterocycles. The smallest absolute Gasteiger partial charge is 0.326 e. The Balaban J connectivity index is 5.66. The Morgan fingerprint density at radius 1 is 0.865 bits per heavy atom. The summed E-state index contributed by atoms with van der Waals surface area (Å²) in [5.41, 5.74) is 16.4. The predicted molar refractivity (Wildman–Crippen MR) is 137 cm³/mol. The lowest BCUT2D eigenvalue weighted by atomic mass is 9.97. The van der Waals surface area contributed by atoms with E-state index >= 15 is 0 Å². The van der Waals surface area contributed by atoms with Gasteiger partial charge in [0.2, 0.25) is 17.7 Å². The Labute approximate surface area is 217 Å². The normalized spacial score (nSPS) is 15.0. The maximum absolute atomic E-state index is 13.2. The molecule has 5 unspecified atom stereocenters. The van der Waals surface area contributed by atoms with Gasteiger partial charge in [-0.05, 0) is 37.5 Å². The van der Waals surface area contributed by atoms with E-state index in [0.717, 1.165) is 0 Å². The minimum absolute atomic E-state index is 0.0257. The SMILES string of the molecule is CCC(C)C(NC(=O)C(CC(C)C)NC(=O)C(CCCN=C(N)N)NC(=O)C(N)CCC(=O)O)C(=O)O. The highest BCUT2D eigenvalue weighted by molar-refractivity contribution is 5.94. The van der Waals surface area contributed by atoms with Crippen LogP contribution in [0.1, 0.15) is 66.2 Å². The highest BCUT2D eigenvalue weighted by Gasteiger charge is 2.32. The average molecular weight is 530 g/mol. The molecule has 0 saturated carbocycles. The molecule has 0 saturated heterocycles. The number of nitrogens with zero attached hydrogens (tertiary/aromatic N) is 1. The van der Waals surface area contributed by atoms with Crippen molar-refractivity contribution in [3.05, 3.63) is 0 Å². The van der Waals surface area contributed by atoms with Gasteiger partial charge in [-0.1, -0.05) is 34.1 Å². The van der Waals surface area contributed by atoms with Crippen molar-refractivity contribution in [3.63, 3.8) is 0 Å². The number of carbonyl (C=O) groups is 5. The second-order valence-corrected chi connectivity index (χ2v) is 9.45. The predicted octanol–water partition coefficient (Wildman–Crippen LogP) is -1.14. The molecule has 5 atom stereocenters. The van der Waals surface area contributed by atoms with Crippen LogP contribution in [0.2, 0.25) is 0 Å². The third-order valence-electron chi connectivity index (χ3n) is 5.70. The van der Waals surface area contributed by atoms with Gasteiger partial charge in [0.15, 0.2) is 5.96 Å². The van der Waals surface area contributed by atoms with E-state index in [9.17, 15) is 29.1 Å². The molecule has 0 fully saturated rings. The maximum Gasteiger partial charge on any atom is 0.326 e. The fourth-order valence-electron chi connectivity index (χ4n) is 3.37. The number of hydrogen-bond acceptors (Lipinski definition) is 7. The number of carbonyl (C=O) groups excluding carboxylic acids is 3. The molecule has 0 radical (unpaired) electrons. The summed E-state index contributed by atoms with van der Waals surface area (Å²) in [6.45, 7) is 7.36. The fraction of sp³-hybridized carbons (Fsp3) is 0.739. The molecule has 0 aromatic carbocycles. The Hall–Kier alpha value is -3.42. The van der Waals surface area contributed by atoms with Crippen molar-refractivity contribution in [2.45, 2.75) is 90.4 Å². The molecular formula is C23H43N7O7. The van der Waals surface area contributed by atoms with E-state index < -0.39 is 53.8 Å². The zero-order chi connectivity index (χ0) is 28.7. The summed E-state index contributed by atoms with van der Waals surface area (Å²) in [6, 6.07) is -4.47. The van der Waals surface area contributed by atoms with E-state index in [4.69, 9.17) is 22.3 Å². The van der Waals surface area contributed by atoms with Gasteiger partial charge in [-0.15, -0.1) is 0 Å². The van der Waals surface area contributed by atoms with Gasteiger partial charge in [0, 0.05) is 13.0 Å². The van der Waals surface area contributed by atoms with Gasteiger partial charge < -0.3 is 43.4 Å². The van der Waals surface area contributed by atoms with Crippen molar-refractivity contribution < 1.29 is 34.2 Å². The second kappa shape index (κ2) is 17.1. The van der Waals surface area contributed by atoms with Crippen molar-refractivity contribution in [1.82, 2.24) is 16.0 Å². The first-order valence-corrected chi connectivity index (χ1v) is 12.4. The molecule has 0 heterocycles. The van der Waals surface area contributed by atoms with Crippen LogP contribution in [-0.2, 0) is 24.0 Å². The van der Waals surface area contributed by atoms with Crippen LogP contribution >= 0.6 is 0 Å². The molecule has 0 aliphatic rings. The molecule has 0 aliphatic carbocycles. The van der Waals surface area contributed by atoms with Crippen molar-refractivity contribution in [2.24, 2.45) is 34.0 Å². The minimum Gasteiger partial charge on any atom is -0.481 e. The Kier molecular flexibility index (Phi) is 15.5. The topological polar surface area (TPSA) is 252 Å². The summed E-state index contributed by atoms with van der Waals surface area (Å²) in [5.74, 6) is -4.86. The van der Waals surface area contributed by atoms with Crippen molar-refractivity contribution in [3.8, 4) is 0 Å². The monoisotopic (exact) mass is 529 g/mol. The number of hydrogen-bond donors (Lipinski definition) is 8. The Morgan fingerprint density at radius 3 is 1.92 bits per heavy atom. The van der Waals surface area contributed by atoms with Gasteiger partial charge in [0.25, 0.3) is 0 Å². The lowest BCUT2D eigenvalue weighted by Gasteiger charge is -2.27. The van der Waals surface area contributed by atoms with E-state index in [-0.39, 0.29) is 50.0 Å². The van der Waals surface area contributed by atoms with Gasteiger partial charge in [-0.2, -0.15) is 0 Å². The molecule has 3 amide bonds. The number of guanidine groups is 1. The third kappa shape index (κ3) is 14.0. The standard InChI is InChI=1S/C23H43N7O7/c1-5-13(4)18(22(36)37)30-21(35)16(11-12(2)3)29-20(34)15(7-6-10-27-23(25)26)28-19(33)14(24)8-9-17(31)32/h12-16,18H,5-11,24H2,1-4H3,(H,28,33)(H,29,34)(H,30,35)(H,31,32)(H,36,37)(H4,25,26,27). The summed E-state index contributed by atoms with van der Waals surface area (Å²) >= 11 is 0. The van der Waals surface area contributed by atoms with Crippen molar-refractivity contribution >= 4 is 35.6 Å². The maximum atomic E-state index is 13.2. The lowest BCUT2D eigenvalue weighted by molar-refractivity contribution is -0.144. The second-order valence-electron chi connectivity index (χ2n) is 9.45. The number of aliphatic imine (C=N–C) groups is 1. The Morgan fingerprint density at radius 2 is 1.43 bits per heavy atom. The number of amides is 3. The highest BCUT2D eigenvalue weighted by atomic mass is 16.4. The van der Waals surface area contributed by atoms with Crippen LogP contribution < -0.4 is 33.2 Å². The molecule has 0 bridgehead atoms. The first kappa shape index (κ1) is 33.6. The third-order valence-corrected chi connectivity index (χ3v) is 5.70. The summed E-state index contributed by atoms with van der Waals surface area (Å²) < 4.78 is 0. The van der Waals surface area contributed by atoms with Crippen LogP contribution in [0.25, 0.3) is 0 Å².